The molecule has 1 N–H and O–H groups in total. The summed E-state index contributed by atoms with van der Waals surface area (Å²) in [6.45, 7) is 0. The molecule has 1 aliphatic rings. The summed E-state index contributed by atoms with van der Waals surface area (Å²) in [5.41, 5.74) is 1.70. The van der Waals surface area contributed by atoms with Crippen LogP contribution in [-0.4, -0.2) is 36.8 Å². The Hall–Kier alpha value is -2.38. The molecule has 1 aromatic heterocycles. The van der Waals surface area contributed by atoms with Crippen molar-refractivity contribution >= 4 is 46.3 Å². The van der Waals surface area contributed by atoms with Crippen LogP contribution in [0.3, 0.4) is 0 Å². The predicted molar refractivity (Wildman–Crippen MR) is 102 cm³/mol. The van der Waals surface area contributed by atoms with Gasteiger partial charge in [-0.3, -0.25) is 9.69 Å². The molecule has 25 heavy (non-hydrogen) atoms. The van der Waals surface area contributed by atoms with Crippen molar-refractivity contribution in [2.24, 2.45) is 7.05 Å². The van der Waals surface area contributed by atoms with Crippen LogP contribution in [0.1, 0.15) is 11.3 Å². The molecular weight excluding hydrogens is 356 g/mol. The molecule has 128 valence electrons. The van der Waals surface area contributed by atoms with Gasteiger partial charge in [-0.15, -0.1) is 0 Å². The third-order valence-electron chi connectivity index (χ3n) is 3.96. The van der Waals surface area contributed by atoms with Crippen molar-refractivity contribution in [3.8, 4) is 0 Å². The molecule has 0 saturated carbocycles. The average molecular weight is 372 g/mol. The van der Waals surface area contributed by atoms with Crippen LogP contribution >= 0.6 is 24.0 Å². The summed E-state index contributed by atoms with van der Waals surface area (Å²) in [6.07, 6.45) is 3.82. The summed E-state index contributed by atoms with van der Waals surface area (Å²) in [5.74, 6) is -1.43. The molecule has 2 aromatic rings. The second-order valence-corrected chi connectivity index (χ2v) is 7.32. The molecule has 1 saturated heterocycles. The van der Waals surface area contributed by atoms with Crippen molar-refractivity contribution in [1.29, 1.82) is 0 Å². The van der Waals surface area contributed by atoms with E-state index in [0.717, 1.165) is 23.0 Å². The van der Waals surface area contributed by atoms with Crippen LogP contribution in [0.5, 0.6) is 0 Å². The van der Waals surface area contributed by atoms with Crippen LogP contribution in [0.4, 0.5) is 0 Å². The first-order valence-electron chi connectivity index (χ1n) is 7.62. The zero-order valence-electron chi connectivity index (χ0n) is 13.5. The van der Waals surface area contributed by atoms with E-state index in [-0.39, 0.29) is 16.6 Å². The first-order valence-corrected chi connectivity index (χ1v) is 8.85. The highest BCUT2D eigenvalue weighted by molar-refractivity contribution is 8.26. The number of carboxylic acid groups (broad SMARTS) is 1. The molecule has 0 bridgehead atoms. The van der Waals surface area contributed by atoms with Gasteiger partial charge in [0.05, 0.1) is 4.91 Å². The lowest BCUT2D eigenvalue weighted by molar-refractivity contribution is -0.145. The topological polar surface area (TPSA) is 62.5 Å². The van der Waals surface area contributed by atoms with Gasteiger partial charge in [-0.05, 0) is 23.8 Å². The van der Waals surface area contributed by atoms with Crippen LogP contribution in [-0.2, 0) is 23.1 Å². The summed E-state index contributed by atoms with van der Waals surface area (Å²) >= 11 is 6.43. The molecule has 1 atom stereocenters. The number of hydrogen-bond acceptors (Lipinski definition) is 4. The minimum Gasteiger partial charge on any atom is -0.480 e. The molecule has 5 nitrogen and oxygen atoms in total. The lowest BCUT2D eigenvalue weighted by Gasteiger charge is -2.23. The second kappa shape index (κ2) is 7.25. The number of thioether (sulfide) groups is 1. The molecular formula is C18H16N2O3S2. The normalized spacial score (nSPS) is 17.3. The Morgan fingerprint density at radius 1 is 1.28 bits per heavy atom. The Kier molecular flexibility index (Phi) is 5.06. The van der Waals surface area contributed by atoms with Gasteiger partial charge in [0, 0.05) is 25.4 Å². The quantitative estimate of drug-likeness (QED) is 0.646. The smallest absolute Gasteiger partial charge is 0.327 e. The van der Waals surface area contributed by atoms with Gasteiger partial charge in [0.1, 0.15) is 10.4 Å². The largest absolute Gasteiger partial charge is 0.480 e. The molecule has 1 aliphatic heterocycles. The number of amides is 1. The molecule has 1 amide bonds. The third kappa shape index (κ3) is 3.67. The van der Waals surface area contributed by atoms with E-state index in [1.54, 1.807) is 6.08 Å². The molecule has 1 aromatic carbocycles. The maximum absolute atomic E-state index is 12.8. The van der Waals surface area contributed by atoms with Crippen molar-refractivity contribution in [3.63, 3.8) is 0 Å². The lowest BCUT2D eigenvalue weighted by Crippen LogP contribution is -2.45. The number of nitrogens with zero attached hydrogens (tertiary/aromatic N) is 2. The second-order valence-electron chi connectivity index (χ2n) is 5.64. The molecule has 7 heteroatoms. The standard InChI is InChI=1S/C18H16N2O3S2/c1-19-9-5-8-13(19)11-15-16(21)20(18(24)25-15)14(17(22)23)10-12-6-3-2-4-7-12/h2-9,11,14H,10H2,1H3,(H,22,23)/b15-11-. The zero-order chi connectivity index (χ0) is 18.0. The van der Waals surface area contributed by atoms with Crippen LogP contribution in [0.2, 0.25) is 0 Å². The summed E-state index contributed by atoms with van der Waals surface area (Å²) < 4.78 is 2.15. The molecule has 1 fully saturated rings. The van der Waals surface area contributed by atoms with Crippen LogP contribution in [0, 0.1) is 0 Å². The monoisotopic (exact) mass is 372 g/mol. The van der Waals surface area contributed by atoms with E-state index >= 15 is 0 Å². The number of carboxylic acids is 1. The van der Waals surface area contributed by atoms with Crippen molar-refractivity contribution in [2.75, 3.05) is 0 Å². The van der Waals surface area contributed by atoms with Gasteiger partial charge in [-0.1, -0.05) is 54.3 Å². The summed E-state index contributed by atoms with van der Waals surface area (Å²) in [5, 5.41) is 9.63. The van der Waals surface area contributed by atoms with Crippen molar-refractivity contribution in [2.45, 2.75) is 12.5 Å². The summed E-state index contributed by atoms with van der Waals surface area (Å²) in [6, 6.07) is 12.0. The zero-order valence-corrected chi connectivity index (χ0v) is 15.1. The summed E-state index contributed by atoms with van der Waals surface area (Å²) in [4.78, 5) is 26.2. The predicted octanol–water partition coefficient (Wildman–Crippen LogP) is 2.92. The van der Waals surface area contributed by atoms with E-state index in [1.807, 2.05) is 60.3 Å². The van der Waals surface area contributed by atoms with Crippen molar-refractivity contribution in [3.05, 3.63) is 64.8 Å². The Balaban J connectivity index is 1.88. The number of aliphatic carboxylic acids is 1. The van der Waals surface area contributed by atoms with Crippen LogP contribution in [0.15, 0.2) is 53.6 Å². The Labute approximate surface area is 154 Å². The highest BCUT2D eigenvalue weighted by Crippen LogP contribution is 2.34. The molecule has 3 rings (SSSR count). The Morgan fingerprint density at radius 3 is 2.60 bits per heavy atom. The van der Waals surface area contributed by atoms with Crippen molar-refractivity contribution in [1.82, 2.24) is 9.47 Å². The fourth-order valence-corrected chi connectivity index (χ4v) is 3.97. The maximum atomic E-state index is 12.8. The first-order chi connectivity index (χ1) is 12.0. The molecule has 1 unspecified atom stereocenters. The number of carbonyl (C=O) groups excluding carboxylic acids is 1. The number of aryl methyl sites for hydroxylation is 1. The Morgan fingerprint density at radius 2 is 2.00 bits per heavy atom. The third-order valence-corrected chi connectivity index (χ3v) is 5.29. The van der Waals surface area contributed by atoms with Gasteiger partial charge >= 0.3 is 5.97 Å². The molecule has 2 heterocycles. The number of carbonyl (C=O) groups is 2. The SMILES string of the molecule is Cn1cccc1/C=C1\SC(=S)N(C(Cc2ccccc2)C(=O)O)C1=O. The van der Waals surface area contributed by atoms with Gasteiger partial charge in [-0.2, -0.15) is 0 Å². The summed E-state index contributed by atoms with van der Waals surface area (Å²) in [7, 11) is 1.88. The van der Waals surface area contributed by atoms with E-state index in [9.17, 15) is 14.7 Å². The first kappa shape index (κ1) is 17.4. The molecule has 0 radical (unpaired) electrons. The van der Waals surface area contributed by atoms with Crippen molar-refractivity contribution < 1.29 is 14.7 Å². The van der Waals surface area contributed by atoms with E-state index < -0.39 is 12.0 Å². The maximum Gasteiger partial charge on any atom is 0.327 e. The van der Waals surface area contributed by atoms with Gasteiger partial charge in [0.25, 0.3) is 5.91 Å². The van der Waals surface area contributed by atoms with E-state index in [1.165, 1.54) is 4.90 Å². The Bertz CT molecular complexity index is 858. The highest BCUT2D eigenvalue weighted by Gasteiger charge is 2.40. The fraction of sp³-hybridized carbons (Fsp3) is 0.167. The highest BCUT2D eigenvalue weighted by atomic mass is 32.2. The van der Waals surface area contributed by atoms with Crippen LogP contribution < -0.4 is 0 Å². The minimum absolute atomic E-state index is 0.208. The number of aromatic nitrogens is 1. The average Bonchev–Trinajstić information content (AvgIpc) is 3.10. The van der Waals surface area contributed by atoms with E-state index in [2.05, 4.69) is 0 Å². The van der Waals surface area contributed by atoms with Gasteiger partial charge in [0.2, 0.25) is 0 Å². The van der Waals surface area contributed by atoms with Gasteiger partial charge in [0.15, 0.2) is 0 Å². The number of thiocarbonyl (C=S) groups is 1. The van der Waals surface area contributed by atoms with Gasteiger partial charge < -0.3 is 9.67 Å². The molecule has 0 spiro atoms. The number of hydrogen-bond donors (Lipinski definition) is 1. The van der Waals surface area contributed by atoms with Gasteiger partial charge in [-0.25, -0.2) is 4.79 Å². The van der Waals surface area contributed by atoms with Crippen LogP contribution in [0.25, 0.3) is 6.08 Å². The number of rotatable bonds is 5. The minimum atomic E-state index is -1.07. The number of benzene rings is 1. The molecule has 0 aliphatic carbocycles. The van der Waals surface area contributed by atoms with E-state index in [4.69, 9.17) is 12.2 Å². The lowest BCUT2D eigenvalue weighted by atomic mass is 10.0. The van der Waals surface area contributed by atoms with E-state index in [0.29, 0.717) is 4.91 Å². The fourth-order valence-electron chi connectivity index (χ4n) is 2.63.